The Morgan fingerprint density at radius 3 is 2.28 bits per heavy atom. The van der Waals surface area contributed by atoms with Gasteiger partial charge in [0.25, 0.3) is 0 Å². The third-order valence-corrected chi connectivity index (χ3v) is 4.31. The standard InChI is InChI=1S/C26H26O3/c1-5-19-11-16-24(28-18-20-9-7-6-8-10-20)23(17-19)21-12-14-22(15-13-21)25(27)29-26(2,3)4/h5-17H,1,18H2,2-4H3. The second kappa shape index (κ2) is 8.78. The maximum atomic E-state index is 12.3. The fourth-order valence-corrected chi connectivity index (χ4v) is 2.88. The maximum absolute atomic E-state index is 12.3. The van der Waals surface area contributed by atoms with Gasteiger partial charge in [0.2, 0.25) is 0 Å². The molecule has 0 fully saturated rings. The van der Waals surface area contributed by atoms with Gasteiger partial charge < -0.3 is 9.47 Å². The summed E-state index contributed by atoms with van der Waals surface area (Å²) < 4.78 is 11.5. The molecule has 3 rings (SSSR count). The lowest BCUT2D eigenvalue weighted by atomic mass is 10.0. The minimum absolute atomic E-state index is 0.329. The Hall–Kier alpha value is -3.33. The van der Waals surface area contributed by atoms with Crippen LogP contribution in [-0.4, -0.2) is 11.6 Å². The second-order valence-electron chi connectivity index (χ2n) is 7.81. The zero-order valence-corrected chi connectivity index (χ0v) is 17.1. The molecule has 0 saturated carbocycles. The Kier molecular flexibility index (Phi) is 6.18. The summed E-state index contributed by atoms with van der Waals surface area (Å²) in [7, 11) is 0. The molecular weight excluding hydrogens is 360 g/mol. The molecule has 3 aromatic carbocycles. The third kappa shape index (κ3) is 5.58. The zero-order valence-electron chi connectivity index (χ0n) is 17.1. The Bertz CT molecular complexity index is 981. The van der Waals surface area contributed by atoms with Crippen molar-refractivity contribution in [2.75, 3.05) is 0 Å². The molecule has 3 heteroatoms. The lowest BCUT2D eigenvalue weighted by molar-refractivity contribution is 0.00695. The molecule has 0 aromatic heterocycles. The first-order chi connectivity index (χ1) is 13.9. The van der Waals surface area contributed by atoms with Gasteiger partial charge in [-0.05, 0) is 61.7 Å². The summed E-state index contributed by atoms with van der Waals surface area (Å²) in [5.41, 5.74) is 4.02. The largest absolute Gasteiger partial charge is 0.488 e. The summed E-state index contributed by atoms with van der Waals surface area (Å²) >= 11 is 0. The van der Waals surface area contributed by atoms with Crippen LogP contribution >= 0.6 is 0 Å². The van der Waals surface area contributed by atoms with Crippen LogP contribution in [0.5, 0.6) is 5.75 Å². The van der Waals surface area contributed by atoms with Crippen molar-refractivity contribution < 1.29 is 14.3 Å². The predicted octanol–water partition coefficient (Wildman–Crippen LogP) is 6.53. The Labute approximate surface area is 172 Å². The number of ether oxygens (including phenoxy) is 2. The number of esters is 1. The highest BCUT2D eigenvalue weighted by molar-refractivity contribution is 5.90. The van der Waals surface area contributed by atoms with E-state index in [0.29, 0.717) is 12.2 Å². The number of hydrogen-bond donors (Lipinski definition) is 0. The van der Waals surface area contributed by atoms with E-state index in [1.165, 1.54) is 0 Å². The Morgan fingerprint density at radius 1 is 0.966 bits per heavy atom. The van der Waals surface area contributed by atoms with Crippen LogP contribution in [0.4, 0.5) is 0 Å². The van der Waals surface area contributed by atoms with E-state index in [9.17, 15) is 4.79 Å². The van der Waals surface area contributed by atoms with E-state index in [4.69, 9.17) is 9.47 Å². The number of benzene rings is 3. The molecule has 0 radical (unpaired) electrons. The van der Waals surface area contributed by atoms with Crippen molar-refractivity contribution >= 4 is 12.0 Å². The average molecular weight is 386 g/mol. The van der Waals surface area contributed by atoms with Crippen molar-refractivity contribution in [3.05, 3.63) is 96.1 Å². The normalized spacial score (nSPS) is 11.0. The molecule has 0 saturated heterocycles. The smallest absolute Gasteiger partial charge is 0.338 e. The molecule has 0 unspecified atom stereocenters. The molecule has 0 aliphatic carbocycles. The minimum atomic E-state index is -0.521. The SMILES string of the molecule is C=Cc1ccc(OCc2ccccc2)c(-c2ccc(C(=O)OC(C)(C)C)cc2)c1. The van der Waals surface area contributed by atoms with Gasteiger partial charge in [0, 0.05) is 5.56 Å². The number of carbonyl (C=O) groups is 1. The van der Waals surface area contributed by atoms with E-state index in [0.717, 1.165) is 28.0 Å². The number of rotatable bonds is 6. The van der Waals surface area contributed by atoms with Crippen molar-refractivity contribution in [2.24, 2.45) is 0 Å². The van der Waals surface area contributed by atoms with Gasteiger partial charge in [0.1, 0.15) is 18.0 Å². The molecule has 0 atom stereocenters. The molecule has 0 amide bonds. The first kappa shape index (κ1) is 20.4. The highest BCUT2D eigenvalue weighted by Crippen LogP contribution is 2.32. The van der Waals surface area contributed by atoms with Gasteiger partial charge in [-0.15, -0.1) is 0 Å². The number of hydrogen-bond acceptors (Lipinski definition) is 3. The summed E-state index contributed by atoms with van der Waals surface area (Å²) in [6, 6.07) is 23.4. The molecule has 3 nitrogen and oxygen atoms in total. The molecule has 0 N–H and O–H groups in total. The van der Waals surface area contributed by atoms with E-state index in [1.807, 2.05) is 81.4 Å². The average Bonchev–Trinajstić information content (AvgIpc) is 2.72. The van der Waals surface area contributed by atoms with Crippen LogP contribution in [-0.2, 0) is 11.3 Å². The summed E-state index contributed by atoms with van der Waals surface area (Å²) in [5, 5.41) is 0. The molecule has 3 aromatic rings. The molecule has 0 aliphatic heterocycles. The van der Waals surface area contributed by atoms with Crippen molar-refractivity contribution in [3.63, 3.8) is 0 Å². The van der Waals surface area contributed by atoms with Gasteiger partial charge in [-0.1, -0.05) is 61.2 Å². The van der Waals surface area contributed by atoms with Crippen LogP contribution in [0.2, 0.25) is 0 Å². The van der Waals surface area contributed by atoms with Crippen molar-refractivity contribution in [3.8, 4) is 16.9 Å². The Balaban J connectivity index is 1.86. The molecule has 0 aliphatic rings. The minimum Gasteiger partial charge on any atom is -0.488 e. The van der Waals surface area contributed by atoms with E-state index in [-0.39, 0.29) is 5.97 Å². The predicted molar refractivity (Wildman–Crippen MR) is 118 cm³/mol. The molecule has 0 heterocycles. The summed E-state index contributed by atoms with van der Waals surface area (Å²) in [6.07, 6.45) is 1.81. The van der Waals surface area contributed by atoms with Gasteiger partial charge >= 0.3 is 5.97 Å². The van der Waals surface area contributed by atoms with Crippen LogP contribution in [0.1, 0.15) is 42.3 Å². The van der Waals surface area contributed by atoms with Crippen LogP contribution in [0.25, 0.3) is 17.2 Å². The summed E-state index contributed by atoms with van der Waals surface area (Å²) in [5.74, 6) is 0.453. The summed E-state index contributed by atoms with van der Waals surface area (Å²) in [4.78, 5) is 12.3. The topological polar surface area (TPSA) is 35.5 Å². The van der Waals surface area contributed by atoms with Crippen LogP contribution in [0.3, 0.4) is 0 Å². The zero-order chi connectivity index (χ0) is 20.9. The van der Waals surface area contributed by atoms with Gasteiger partial charge in [-0.2, -0.15) is 0 Å². The lowest BCUT2D eigenvalue weighted by Crippen LogP contribution is -2.23. The molecule has 148 valence electrons. The van der Waals surface area contributed by atoms with Crippen LogP contribution in [0.15, 0.2) is 79.4 Å². The van der Waals surface area contributed by atoms with E-state index >= 15 is 0 Å². The monoisotopic (exact) mass is 386 g/mol. The van der Waals surface area contributed by atoms with Crippen LogP contribution < -0.4 is 4.74 Å². The Morgan fingerprint density at radius 2 is 1.66 bits per heavy atom. The molecular formula is C26H26O3. The van der Waals surface area contributed by atoms with Crippen molar-refractivity contribution in [1.82, 2.24) is 0 Å². The fraction of sp³-hybridized carbons (Fsp3) is 0.192. The maximum Gasteiger partial charge on any atom is 0.338 e. The molecule has 29 heavy (non-hydrogen) atoms. The van der Waals surface area contributed by atoms with Crippen molar-refractivity contribution in [2.45, 2.75) is 33.0 Å². The summed E-state index contributed by atoms with van der Waals surface area (Å²) in [6.45, 7) is 9.91. The molecule has 0 bridgehead atoms. The molecule has 0 spiro atoms. The van der Waals surface area contributed by atoms with Gasteiger partial charge in [-0.25, -0.2) is 4.79 Å². The van der Waals surface area contributed by atoms with Crippen LogP contribution in [0, 0.1) is 0 Å². The highest BCUT2D eigenvalue weighted by Gasteiger charge is 2.18. The van der Waals surface area contributed by atoms with Gasteiger partial charge in [0.05, 0.1) is 5.56 Å². The second-order valence-corrected chi connectivity index (χ2v) is 7.81. The van der Waals surface area contributed by atoms with E-state index in [2.05, 4.69) is 6.58 Å². The lowest BCUT2D eigenvalue weighted by Gasteiger charge is -2.19. The quantitative estimate of drug-likeness (QED) is 0.452. The fourth-order valence-electron chi connectivity index (χ4n) is 2.88. The highest BCUT2D eigenvalue weighted by atomic mass is 16.6. The number of carbonyl (C=O) groups excluding carboxylic acids is 1. The third-order valence-electron chi connectivity index (χ3n) is 4.31. The van der Waals surface area contributed by atoms with Gasteiger partial charge in [0.15, 0.2) is 0 Å². The van der Waals surface area contributed by atoms with E-state index in [1.54, 1.807) is 18.2 Å². The first-order valence-electron chi connectivity index (χ1n) is 9.63. The van der Waals surface area contributed by atoms with Crippen molar-refractivity contribution in [1.29, 1.82) is 0 Å². The van der Waals surface area contributed by atoms with Gasteiger partial charge in [-0.3, -0.25) is 0 Å². The first-order valence-corrected chi connectivity index (χ1v) is 9.63. The van der Waals surface area contributed by atoms with E-state index < -0.39 is 5.60 Å².